The van der Waals surface area contributed by atoms with E-state index in [1.54, 1.807) is 0 Å². The molecule has 1 aliphatic carbocycles. The molecule has 1 fully saturated rings. The summed E-state index contributed by atoms with van der Waals surface area (Å²) in [6.07, 6.45) is 2.20. The van der Waals surface area contributed by atoms with Crippen LogP contribution in [-0.4, -0.2) is 36.7 Å². The molecule has 1 aromatic rings. The van der Waals surface area contributed by atoms with Crippen LogP contribution in [0.5, 0.6) is 5.75 Å². The average Bonchev–Trinajstić information content (AvgIpc) is 3.17. The van der Waals surface area contributed by atoms with Crippen molar-refractivity contribution in [3.63, 3.8) is 0 Å². The topological polar surface area (TPSA) is 130 Å². The predicted octanol–water partition coefficient (Wildman–Crippen LogP) is 0.741. The van der Waals surface area contributed by atoms with Crippen molar-refractivity contribution in [2.45, 2.75) is 24.2 Å². The number of hydrogen-bond donors (Lipinski definition) is 3. The Kier molecular flexibility index (Phi) is 4.17. The Hall–Kier alpha value is -1.71. The number of aliphatic hydroxyl groups is 1. The molecule has 9 heteroatoms. The van der Waals surface area contributed by atoms with Crippen molar-refractivity contribution >= 4 is 15.7 Å². The second kappa shape index (κ2) is 5.58. The van der Waals surface area contributed by atoms with Crippen LogP contribution in [0, 0.1) is 15.5 Å². The number of hydrogen-bond acceptors (Lipinski definition) is 6. The maximum atomic E-state index is 12.1. The molecular formula is C12H16N2O6S. The van der Waals surface area contributed by atoms with Gasteiger partial charge in [0.05, 0.1) is 9.82 Å². The van der Waals surface area contributed by atoms with Gasteiger partial charge in [0, 0.05) is 19.2 Å². The number of phenolic OH excluding ortho intramolecular Hbond substituents is 1. The van der Waals surface area contributed by atoms with Crippen LogP contribution in [0.1, 0.15) is 19.3 Å². The van der Waals surface area contributed by atoms with Crippen molar-refractivity contribution in [2.24, 2.45) is 5.41 Å². The van der Waals surface area contributed by atoms with E-state index >= 15 is 0 Å². The van der Waals surface area contributed by atoms with Crippen LogP contribution < -0.4 is 4.72 Å². The molecule has 0 radical (unpaired) electrons. The van der Waals surface area contributed by atoms with Gasteiger partial charge in [0.15, 0.2) is 5.75 Å². The summed E-state index contributed by atoms with van der Waals surface area (Å²) in [5, 5.41) is 29.0. The molecule has 0 amide bonds. The summed E-state index contributed by atoms with van der Waals surface area (Å²) in [6.45, 7) is 0.178. The number of rotatable bonds is 7. The standard InChI is InChI=1S/C12H16N2O6S/c15-6-5-12(3-4-12)8-13-21(19,20)9-1-2-11(16)10(7-9)14(17)18/h1-2,7,13,15-16H,3-6,8H2. The summed E-state index contributed by atoms with van der Waals surface area (Å²) in [5.74, 6) is -0.585. The third-order valence-corrected chi connectivity index (χ3v) is 5.09. The van der Waals surface area contributed by atoms with E-state index in [9.17, 15) is 23.6 Å². The van der Waals surface area contributed by atoms with Crippen molar-refractivity contribution < 1.29 is 23.6 Å². The zero-order chi connectivity index (χ0) is 15.7. The SMILES string of the molecule is O=[N+]([O-])c1cc(S(=O)(=O)NCC2(CCO)CC2)ccc1O. The van der Waals surface area contributed by atoms with Gasteiger partial charge in [-0.3, -0.25) is 10.1 Å². The molecule has 8 nitrogen and oxygen atoms in total. The Bertz CT molecular complexity index is 654. The number of phenols is 1. The van der Waals surface area contributed by atoms with E-state index in [0.717, 1.165) is 31.0 Å². The average molecular weight is 316 g/mol. The molecule has 0 aliphatic heterocycles. The highest BCUT2D eigenvalue weighted by atomic mass is 32.2. The minimum Gasteiger partial charge on any atom is -0.502 e. The van der Waals surface area contributed by atoms with Crippen molar-refractivity contribution in [1.29, 1.82) is 0 Å². The summed E-state index contributed by atoms with van der Waals surface area (Å²) in [5.41, 5.74) is -0.862. The molecule has 1 aromatic carbocycles. The molecule has 0 aromatic heterocycles. The molecular weight excluding hydrogens is 300 g/mol. The molecule has 0 unspecified atom stereocenters. The van der Waals surface area contributed by atoms with Gasteiger partial charge in [0.25, 0.3) is 0 Å². The number of nitro groups is 1. The van der Waals surface area contributed by atoms with E-state index < -0.39 is 26.4 Å². The number of aromatic hydroxyl groups is 1. The van der Waals surface area contributed by atoms with Gasteiger partial charge in [0.2, 0.25) is 10.0 Å². The minimum atomic E-state index is -3.89. The molecule has 2 rings (SSSR count). The molecule has 1 saturated carbocycles. The Labute approximate surface area is 121 Å². The van der Waals surface area contributed by atoms with Crippen LogP contribution >= 0.6 is 0 Å². The van der Waals surface area contributed by atoms with E-state index in [2.05, 4.69) is 4.72 Å². The van der Waals surface area contributed by atoms with E-state index in [4.69, 9.17) is 5.11 Å². The maximum Gasteiger partial charge on any atom is 0.312 e. The lowest BCUT2D eigenvalue weighted by atomic mass is 10.0. The van der Waals surface area contributed by atoms with Gasteiger partial charge >= 0.3 is 5.69 Å². The second-order valence-electron chi connectivity index (χ2n) is 5.21. The van der Waals surface area contributed by atoms with Gasteiger partial charge in [0.1, 0.15) is 0 Å². The normalized spacial score (nSPS) is 16.6. The smallest absolute Gasteiger partial charge is 0.312 e. The number of aliphatic hydroxyl groups excluding tert-OH is 1. The fourth-order valence-electron chi connectivity index (χ4n) is 2.08. The summed E-state index contributed by atoms with van der Waals surface area (Å²) in [7, 11) is -3.89. The van der Waals surface area contributed by atoms with Crippen molar-refractivity contribution in [1.82, 2.24) is 4.72 Å². The summed E-state index contributed by atoms with van der Waals surface area (Å²) >= 11 is 0. The Morgan fingerprint density at radius 3 is 2.57 bits per heavy atom. The van der Waals surface area contributed by atoms with E-state index in [-0.39, 0.29) is 23.5 Å². The van der Waals surface area contributed by atoms with Gasteiger partial charge in [-0.15, -0.1) is 0 Å². The Morgan fingerprint density at radius 1 is 1.38 bits per heavy atom. The lowest BCUT2D eigenvalue weighted by molar-refractivity contribution is -0.386. The molecule has 116 valence electrons. The quantitative estimate of drug-likeness (QED) is 0.502. The molecule has 21 heavy (non-hydrogen) atoms. The summed E-state index contributed by atoms with van der Waals surface area (Å²) in [4.78, 5) is 9.60. The monoisotopic (exact) mass is 316 g/mol. The number of benzene rings is 1. The minimum absolute atomic E-state index is 0.00753. The molecule has 0 heterocycles. The summed E-state index contributed by atoms with van der Waals surface area (Å²) in [6, 6.07) is 2.91. The van der Waals surface area contributed by atoms with Crippen LogP contribution in [-0.2, 0) is 10.0 Å². The lowest BCUT2D eigenvalue weighted by Crippen LogP contribution is -2.30. The van der Waals surface area contributed by atoms with Gasteiger partial charge in [-0.1, -0.05) is 0 Å². The van der Waals surface area contributed by atoms with Gasteiger partial charge in [-0.2, -0.15) is 0 Å². The van der Waals surface area contributed by atoms with Crippen LogP contribution in [0.15, 0.2) is 23.1 Å². The van der Waals surface area contributed by atoms with Gasteiger partial charge in [-0.05, 0) is 36.8 Å². The van der Waals surface area contributed by atoms with E-state index in [1.165, 1.54) is 0 Å². The van der Waals surface area contributed by atoms with Gasteiger partial charge < -0.3 is 10.2 Å². The van der Waals surface area contributed by atoms with Crippen molar-refractivity contribution in [2.75, 3.05) is 13.2 Å². The first kappa shape index (κ1) is 15.7. The lowest BCUT2D eigenvalue weighted by Gasteiger charge is -2.14. The first-order valence-corrected chi connectivity index (χ1v) is 7.86. The fraction of sp³-hybridized carbons (Fsp3) is 0.500. The fourth-order valence-corrected chi connectivity index (χ4v) is 3.25. The van der Waals surface area contributed by atoms with Crippen molar-refractivity contribution in [3.8, 4) is 5.75 Å². The number of nitrogens with zero attached hydrogens (tertiary/aromatic N) is 1. The molecule has 0 spiro atoms. The zero-order valence-corrected chi connectivity index (χ0v) is 12.0. The molecule has 0 bridgehead atoms. The highest BCUT2D eigenvalue weighted by molar-refractivity contribution is 7.89. The molecule has 0 atom stereocenters. The van der Waals surface area contributed by atoms with Crippen LogP contribution in [0.2, 0.25) is 0 Å². The third-order valence-electron chi connectivity index (χ3n) is 3.69. The first-order valence-electron chi connectivity index (χ1n) is 6.38. The molecule has 3 N–H and O–H groups in total. The summed E-state index contributed by atoms with van der Waals surface area (Å²) < 4.78 is 26.6. The van der Waals surface area contributed by atoms with Gasteiger partial charge in [-0.25, -0.2) is 13.1 Å². The van der Waals surface area contributed by atoms with Crippen LogP contribution in [0.25, 0.3) is 0 Å². The molecule has 0 saturated heterocycles. The second-order valence-corrected chi connectivity index (χ2v) is 6.97. The van der Waals surface area contributed by atoms with E-state index in [0.29, 0.717) is 6.42 Å². The Balaban J connectivity index is 2.16. The van der Waals surface area contributed by atoms with E-state index in [1.807, 2.05) is 0 Å². The highest BCUT2D eigenvalue weighted by Crippen LogP contribution is 2.48. The van der Waals surface area contributed by atoms with Crippen LogP contribution in [0.4, 0.5) is 5.69 Å². The largest absolute Gasteiger partial charge is 0.502 e. The third kappa shape index (κ3) is 3.49. The first-order chi connectivity index (χ1) is 9.80. The number of nitro benzene ring substituents is 1. The number of nitrogens with one attached hydrogen (secondary N) is 1. The molecule has 1 aliphatic rings. The zero-order valence-electron chi connectivity index (χ0n) is 11.2. The maximum absolute atomic E-state index is 12.1. The highest BCUT2D eigenvalue weighted by Gasteiger charge is 2.42. The number of sulfonamides is 1. The Morgan fingerprint density at radius 2 is 2.05 bits per heavy atom. The van der Waals surface area contributed by atoms with Crippen LogP contribution in [0.3, 0.4) is 0 Å². The van der Waals surface area contributed by atoms with Crippen molar-refractivity contribution in [3.05, 3.63) is 28.3 Å². The predicted molar refractivity (Wildman–Crippen MR) is 73.3 cm³/mol.